The van der Waals surface area contributed by atoms with Crippen LogP contribution in [0.2, 0.25) is 0 Å². The molecule has 0 rings (SSSR count). The van der Waals surface area contributed by atoms with Crippen LogP contribution < -0.4 is 63.3 Å². The van der Waals surface area contributed by atoms with Crippen LogP contribution in [-0.2, 0) is 7.67 Å². The molecular formula is CHNNa2O4SSe. The molecule has 9 heteroatoms. The maximum absolute atomic E-state index is 8.70. The molecule has 0 fully saturated rings. The van der Waals surface area contributed by atoms with E-state index in [2.05, 4.69) is 12.2 Å². The first kappa shape index (κ1) is 22.6. The van der Waals surface area contributed by atoms with Gasteiger partial charge in [-0.05, 0) is 0 Å². The normalized spacial score (nSPS) is 6.60. The number of nitrogens with zero attached hydrogens (tertiary/aromatic N) is 1. The molecule has 0 atom stereocenters. The Morgan fingerprint density at radius 3 is 1.50 bits per heavy atom. The second kappa shape index (κ2) is 13.4. The maximum Gasteiger partial charge on any atom is 1.00 e. The third-order valence-corrected chi connectivity index (χ3v) is 0. The Labute approximate surface area is 110 Å². The fourth-order valence-electron chi connectivity index (χ4n) is 0. The Bertz CT molecular complexity index is 164. The van der Waals surface area contributed by atoms with Gasteiger partial charge < -0.3 is 5.41 Å². The Kier molecular flexibility index (Phi) is 30.4. The first-order valence-electron chi connectivity index (χ1n) is 1.11. The third kappa shape index (κ3) is 227. The van der Waals surface area contributed by atoms with Crippen molar-refractivity contribution in [2.45, 2.75) is 0 Å². The first-order chi connectivity index (χ1) is 3.41. The van der Waals surface area contributed by atoms with E-state index in [0.29, 0.717) is 0 Å². The van der Waals surface area contributed by atoms with E-state index in [-0.39, 0.29) is 59.1 Å². The third-order valence-electron chi connectivity index (χ3n) is 0. The largest absolute Gasteiger partial charge is 1.00 e. The second-order valence-corrected chi connectivity index (χ2v) is 2.50. The van der Waals surface area contributed by atoms with Crippen LogP contribution >= 0.6 is 12.2 Å². The smallest absolute Gasteiger partial charge is 0.753 e. The summed E-state index contributed by atoms with van der Waals surface area (Å²) >= 11 is -1.80. The topological polar surface area (TPSA) is 99.7 Å². The molecule has 0 amide bonds. The van der Waals surface area contributed by atoms with Gasteiger partial charge in [0.15, 0.2) is 0 Å². The van der Waals surface area contributed by atoms with Crippen molar-refractivity contribution in [2.24, 2.45) is 0 Å². The average Bonchev–Trinajstić information content (AvgIpc) is 1.27. The van der Waals surface area contributed by atoms with Gasteiger partial charge in [0.1, 0.15) is 0 Å². The van der Waals surface area contributed by atoms with Gasteiger partial charge in [0.2, 0.25) is 0 Å². The van der Waals surface area contributed by atoms with Crippen molar-refractivity contribution in [3.63, 3.8) is 0 Å². The van der Waals surface area contributed by atoms with Gasteiger partial charge in [-0.25, -0.2) is 0 Å². The van der Waals surface area contributed by atoms with Crippen LogP contribution in [0.25, 0.3) is 5.41 Å². The maximum atomic E-state index is 8.70. The Morgan fingerprint density at radius 1 is 1.50 bits per heavy atom. The molecule has 0 aliphatic rings. The summed E-state index contributed by atoms with van der Waals surface area (Å²) in [6.07, 6.45) is 0. The minimum Gasteiger partial charge on any atom is -0.753 e. The molecule has 0 aromatic heterocycles. The summed E-state index contributed by atoms with van der Waals surface area (Å²) in [5, 5.41) is 8.47. The summed E-state index contributed by atoms with van der Waals surface area (Å²) in [7, 11) is 0. The molecule has 0 spiro atoms. The van der Waals surface area contributed by atoms with Crippen LogP contribution in [0.15, 0.2) is 0 Å². The van der Waals surface area contributed by atoms with Crippen molar-refractivity contribution in [3.8, 4) is 0 Å². The number of hydrogen-bond acceptors (Lipinski definition) is 4. The van der Waals surface area contributed by atoms with E-state index in [1.807, 2.05) is 0 Å². The average molecular weight is 248 g/mol. The molecule has 1 N–H and O–H groups in total. The van der Waals surface area contributed by atoms with E-state index < -0.39 is 13.4 Å². The standard InChI is InChI=1S/CNS.2Na.H2O4Se/c2-1-3;;;1-5(2,3)4/h;;;(H2,1,2,3,4)/q-1;2*+1;/p-1. The van der Waals surface area contributed by atoms with E-state index >= 15 is 0 Å². The molecule has 10 heavy (non-hydrogen) atoms. The molecular weight excluding hydrogens is 247 g/mol. The van der Waals surface area contributed by atoms with Gasteiger partial charge in [0, 0.05) is 0 Å². The van der Waals surface area contributed by atoms with E-state index in [4.69, 9.17) is 21.5 Å². The van der Waals surface area contributed by atoms with E-state index in [0.717, 1.165) is 0 Å². The van der Waals surface area contributed by atoms with Gasteiger partial charge in [0.25, 0.3) is 0 Å². The zero-order chi connectivity index (χ0) is 7.21. The fourth-order valence-corrected chi connectivity index (χ4v) is 0. The van der Waals surface area contributed by atoms with Gasteiger partial charge in [-0.15, -0.1) is 0 Å². The van der Waals surface area contributed by atoms with Crippen LogP contribution in [0, 0.1) is 0 Å². The number of hydrogen-bond donors (Lipinski definition) is 1. The summed E-state index contributed by atoms with van der Waals surface area (Å²) in [4.78, 5) is 0. The van der Waals surface area contributed by atoms with Crippen molar-refractivity contribution in [1.82, 2.24) is 0 Å². The number of thiocarbonyl (C=S) groups is 1. The molecule has 0 aromatic carbocycles. The van der Waals surface area contributed by atoms with Crippen molar-refractivity contribution in [2.75, 3.05) is 0 Å². The minimum atomic E-state index is -5.50. The molecule has 0 unspecified atom stereocenters. The zero-order valence-electron chi connectivity index (χ0n) is 5.44. The van der Waals surface area contributed by atoms with Crippen molar-refractivity contribution >= 4 is 30.7 Å². The molecule has 0 radical (unpaired) electrons. The van der Waals surface area contributed by atoms with E-state index in [9.17, 15) is 0 Å². The summed E-state index contributed by atoms with van der Waals surface area (Å²) in [5.41, 5.74) is 0. The molecule has 0 saturated carbocycles. The van der Waals surface area contributed by atoms with Crippen molar-refractivity contribution < 1.29 is 75.2 Å². The molecule has 0 aliphatic heterocycles. The molecule has 0 bridgehead atoms. The minimum absolute atomic E-state index is 0. The first-order valence-corrected chi connectivity index (χ1v) is 4.38. The van der Waals surface area contributed by atoms with Gasteiger partial charge in [-0.1, -0.05) is 12.2 Å². The Hall–Kier alpha value is 1.84. The predicted molar refractivity (Wildman–Crippen MR) is 25.3 cm³/mol. The molecule has 0 aliphatic carbocycles. The van der Waals surface area contributed by atoms with Gasteiger partial charge in [-0.3, -0.25) is 0 Å². The molecule has 0 heterocycles. The second-order valence-electron chi connectivity index (χ2n) is 0.519. The van der Waals surface area contributed by atoms with Crippen LogP contribution in [-0.4, -0.2) is 22.7 Å². The van der Waals surface area contributed by atoms with Crippen LogP contribution in [0.1, 0.15) is 0 Å². The van der Waals surface area contributed by atoms with Gasteiger partial charge >= 0.3 is 88.5 Å². The van der Waals surface area contributed by atoms with Gasteiger partial charge in [-0.2, -0.15) is 5.16 Å². The number of rotatable bonds is 0. The summed E-state index contributed by atoms with van der Waals surface area (Å²) < 4.78 is 33.1. The van der Waals surface area contributed by atoms with E-state index in [1.165, 1.54) is 5.16 Å². The van der Waals surface area contributed by atoms with Crippen LogP contribution in [0.4, 0.5) is 0 Å². The van der Waals surface area contributed by atoms with Crippen LogP contribution in [0.5, 0.6) is 0 Å². The molecule has 0 saturated heterocycles. The van der Waals surface area contributed by atoms with Gasteiger partial charge in [0.05, 0.1) is 0 Å². The quantitative estimate of drug-likeness (QED) is 0.261. The summed E-state index contributed by atoms with van der Waals surface area (Å²) in [6, 6.07) is 0. The fraction of sp³-hybridized carbons (Fsp3) is 0. The van der Waals surface area contributed by atoms with Crippen molar-refractivity contribution in [1.29, 1.82) is 0 Å². The Balaban J connectivity index is -0.0000000326. The summed E-state index contributed by atoms with van der Waals surface area (Å²) in [6.45, 7) is 0. The van der Waals surface area contributed by atoms with Crippen LogP contribution in [0.3, 0.4) is 0 Å². The van der Waals surface area contributed by atoms with E-state index in [1.54, 1.807) is 0 Å². The molecule has 0 aromatic rings. The Morgan fingerprint density at radius 2 is 1.50 bits per heavy atom. The molecule has 48 valence electrons. The SMILES string of the molecule is O=[Se](=O)([O-])O.[N-]=C=S.[Na+].[Na+]. The number of isothiocyanates is 1. The summed E-state index contributed by atoms with van der Waals surface area (Å²) in [5.74, 6) is 0. The monoisotopic (exact) mass is 249 g/mol. The zero-order valence-corrected chi connectivity index (χ0v) is 12.0. The molecule has 5 nitrogen and oxygen atoms in total. The predicted octanol–water partition coefficient (Wildman–Crippen LogP) is -7.70. The van der Waals surface area contributed by atoms with Crippen molar-refractivity contribution in [3.05, 3.63) is 5.41 Å².